The van der Waals surface area contributed by atoms with E-state index < -0.39 is 12.9 Å². The van der Waals surface area contributed by atoms with Gasteiger partial charge >= 0.3 is 0 Å². The maximum atomic E-state index is 9.32. The summed E-state index contributed by atoms with van der Waals surface area (Å²) >= 11 is 0. The first-order chi connectivity index (χ1) is 12.7. The molecule has 1 aromatic carbocycles. The van der Waals surface area contributed by atoms with Gasteiger partial charge < -0.3 is 0 Å². The number of nitrogens with zero attached hydrogens (tertiary/aromatic N) is 2. The normalized spacial score (nSPS) is 27.2. The summed E-state index contributed by atoms with van der Waals surface area (Å²) in [7, 11) is 0. The van der Waals surface area contributed by atoms with Crippen LogP contribution in [-0.4, -0.2) is 4.57 Å². The molecule has 2 aliphatic rings. The number of allylic oxidation sites excluding steroid dienone is 1. The Bertz CT molecular complexity index is 904. The van der Waals surface area contributed by atoms with Crippen LogP contribution in [0.1, 0.15) is 66.4 Å². The number of fused-ring (bicyclic) bond motifs is 1. The van der Waals surface area contributed by atoms with Gasteiger partial charge in [-0.25, -0.2) is 4.57 Å². The highest BCUT2D eigenvalue weighted by atomic mass is 15.2. The van der Waals surface area contributed by atoms with E-state index in [0.29, 0.717) is 0 Å². The summed E-state index contributed by atoms with van der Waals surface area (Å²) in [5, 5.41) is 0. The summed E-state index contributed by atoms with van der Waals surface area (Å²) in [6, 6.07) is 6.84. The molecule has 1 fully saturated rings. The zero-order valence-electron chi connectivity index (χ0n) is 18.0. The third-order valence-corrected chi connectivity index (χ3v) is 5.42. The van der Waals surface area contributed by atoms with Gasteiger partial charge in [0.05, 0.1) is 1.37 Å². The van der Waals surface area contributed by atoms with Crippen molar-refractivity contribution in [2.24, 2.45) is 5.92 Å². The fourth-order valence-electron chi connectivity index (χ4n) is 4.17. The van der Waals surface area contributed by atoms with E-state index in [2.05, 4.69) is 0 Å². The first kappa shape index (κ1) is 10.9. The molecule has 4 rings (SSSR count). The molecule has 0 amide bonds. The first-order valence-electron chi connectivity index (χ1n) is 10.7. The summed E-state index contributed by atoms with van der Waals surface area (Å²) in [6.07, 6.45) is 9.29. The Morgan fingerprint density at radius 2 is 1.96 bits per heavy atom. The summed E-state index contributed by atoms with van der Waals surface area (Å²) in [5.41, 5.74) is 3.64. The predicted octanol–water partition coefficient (Wildman–Crippen LogP) is 4.84. The van der Waals surface area contributed by atoms with Gasteiger partial charge in [-0.15, -0.1) is 0 Å². The fourth-order valence-corrected chi connectivity index (χ4v) is 4.17. The number of aryl methyl sites for hydroxylation is 1. The molecule has 0 spiro atoms. The van der Waals surface area contributed by atoms with E-state index in [1.54, 1.807) is 4.57 Å². The smallest absolute Gasteiger partial charge is 0.221 e. The molecule has 1 aromatic heterocycles. The molecule has 0 radical (unpaired) electrons. The largest absolute Gasteiger partial charge is 0.259 e. The van der Waals surface area contributed by atoms with Gasteiger partial charge in [-0.2, -0.15) is 4.57 Å². The minimum atomic E-state index is -2.31. The first-order valence-corrected chi connectivity index (χ1v) is 8.68. The lowest BCUT2D eigenvalue weighted by atomic mass is 9.84. The monoisotopic (exact) mass is 311 g/mol. The van der Waals surface area contributed by atoms with Crippen molar-refractivity contribution in [1.29, 1.82) is 0 Å². The van der Waals surface area contributed by atoms with Gasteiger partial charge in [0.15, 0.2) is 11.4 Å². The number of rotatable bonds is 2. The number of hydrogen-bond donors (Lipinski definition) is 0. The van der Waals surface area contributed by atoms with Crippen LogP contribution in [0.5, 0.6) is 0 Å². The van der Waals surface area contributed by atoms with Crippen molar-refractivity contribution >= 4 is 6.08 Å². The van der Waals surface area contributed by atoms with Gasteiger partial charge in [0.1, 0.15) is 11.7 Å². The lowest BCUT2D eigenvalue weighted by molar-refractivity contribution is -0.721. The van der Waals surface area contributed by atoms with E-state index in [1.807, 2.05) is 54.8 Å². The Labute approximate surface area is 145 Å². The molecule has 2 aromatic rings. The van der Waals surface area contributed by atoms with Crippen molar-refractivity contribution < 1.29 is 10.1 Å². The van der Waals surface area contributed by atoms with Crippen LogP contribution in [0, 0.1) is 26.6 Å². The molecule has 23 heavy (non-hydrogen) atoms. The second-order valence-corrected chi connectivity index (χ2v) is 6.84. The topological polar surface area (TPSA) is 8.81 Å². The molecule has 0 bridgehead atoms. The zero-order valence-corrected chi connectivity index (χ0v) is 14.0. The molecule has 1 saturated carbocycles. The average Bonchev–Trinajstić information content (AvgIpc) is 3.13. The molecule has 1 aliphatic carbocycles. The minimum absolute atomic E-state index is 0.155. The van der Waals surface area contributed by atoms with Gasteiger partial charge in [0.2, 0.25) is 0 Å². The molecular formula is C21H27N2+. The van der Waals surface area contributed by atoms with Gasteiger partial charge in [-0.1, -0.05) is 37.5 Å². The van der Waals surface area contributed by atoms with Crippen LogP contribution in [0.25, 0.3) is 11.8 Å². The Kier molecular flexibility index (Phi) is 2.67. The van der Waals surface area contributed by atoms with E-state index >= 15 is 0 Å². The standard InChI is InChI=1S/C21H27N2/c1-15-9-7-8-12-19(15)22-16(2)20-13-14-21(23(20)17(22)3)18-10-5-4-6-11-18/h7-9,12-14,18,21H,4-6,10-11H2,1-3H3/q+1/i3D3,21D. The molecule has 120 valence electrons. The molecule has 1 aliphatic heterocycles. The third-order valence-electron chi connectivity index (χ3n) is 5.42. The number of aromatic nitrogens is 2. The zero-order chi connectivity index (χ0) is 19.4. The van der Waals surface area contributed by atoms with Crippen LogP contribution >= 0.6 is 0 Å². The molecular weight excluding hydrogens is 280 g/mol. The average molecular weight is 311 g/mol. The van der Waals surface area contributed by atoms with Crippen LogP contribution in [0.4, 0.5) is 0 Å². The van der Waals surface area contributed by atoms with Gasteiger partial charge in [-0.05, 0) is 43.5 Å². The Hall–Kier alpha value is -1.83. The Morgan fingerprint density at radius 1 is 1.17 bits per heavy atom. The van der Waals surface area contributed by atoms with Crippen LogP contribution in [0.15, 0.2) is 30.3 Å². The molecule has 0 N–H and O–H groups in total. The summed E-state index contributed by atoms with van der Waals surface area (Å²) < 4.78 is 37.8. The predicted molar refractivity (Wildman–Crippen MR) is 94.8 cm³/mol. The number of benzene rings is 1. The second-order valence-electron chi connectivity index (χ2n) is 6.84. The molecule has 1 unspecified atom stereocenters. The van der Waals surface area contributed by atoms with E-state index in [0.717, 1.165) is 48.3 Å². The van der Waals surface area contributed by atoms with Crippen LogP contribution in [-0.2, 0) is 0 Å². The van der Waals surface area contributed by atoms with E-state index in [-0.39, 0.29) is 11.7 Å². The number of imidazole rings is 1. The lowest BCUT2D eigenvalue weighted by Crippen LogP contribution is -2.44. The third kappa shape index (κ3) is 2.27. The number of para-hydroxylation sites is 1. The lowest BCUT2D eigenvalue weighted by Gasteiger charge is -2.25. The highest BCUT2D eigenvalue weighted by molar-refractivity contribution is 5.52. The summed E-state index contributed by atoms with van der Waals surface area (Å²) in [4.78, 5) is 0. The van der Waals surface area contributed by atoms with Crippen LogP contribution < -0.4 is 4.57 Å². The highest BCUT2D eigenvalue weighted by Crippen LogP contribution is 2.35. The van der Waals surface area contributed by atoms with Gasteiger partial charge in [0.25, 0.3) is 5.82 Å². The molecule has 2 heteroatoms. The van der Waals surface area contributed by atoms with Crippen molar-refractivity contribution in [2.75, 3.05) is 0 Å². The van der Waals surface area contributed by atoms with Crippen molar-refractivity contribution in [3.63, 3.8) is 0 Å². The summed E-state index contributed by atoms with van der Waals surface area (Å²) in [6.45, 7) is 1.65. The SMILES string of the molecule is [2H]C([2H])([2H])c1n(-c2ccccc2C)c(C)c2[n+]1C([2H])(C1CCCCC1)C=C2. The van der Waals surface area contributed by atoms with Crippen molar-refractivity contribution in [3.8, 4) is 5.69 Å². The van der Waals surface area contributed by atoms with Crippen LogP contribution in [0.2, 0.25) is 0 Å². The Balaban J connectivity index is 1.99. The molecule has 1 atom stereocenters. The molecule has 0 saturated heterocycles. The van der Waals surface area contributed by atoms with E-state index in [4.69, 9.17) is 4.11 Å². The van der Waals surface area contributed by atoms with Crippen LogP contribution in [0.3, 0.4) is 0 Å². The second kappa shape index (κ2) is 5.67. The molecule has 2 nitrogen and oxygen atoms in total. The maximum Gasteiger partial charge on any atom is 0.259 e. The highest BCUT2D eigenvalue weighted by Gasteiger charge is 2.37. The van der Waals surface area contributed by atoms with Crippen molar-refractivity contribution in [3.05, 3.63) is 53.1 Å². The fraction of sp³-hybridized carbons (Fsp3) is 0.476. The van der Waals surface area contributed by atoms with E-state index in [1.165, 1.54) is 6.42 Å². The maximum absolute atomic E-state index is 9.32. The number of hydrogen-bond acceptors (Lipinski definition) is 0. The molecule has 2 heterocycles. The Morgan fingerprint density at radius 3 is 2.70 bits per heavy atom. The van der Waals surface area contributed by atoms with Crippen molar-refractivity contribution in [2.45, 2.75) is 58.8 Å². The van der Waals surface area contributed by atoms with Crippen molar-refractivity contribution in [1.82, 2.24) is 4.57 Å². The minimum Gasteiger partial charge on any atom is -0.221 e. The van der Waals surface area contributed by atoms with Gasteiger partial charge in [0, 0.05) is 23.8 Å². The summed E-state index contributed by atoms with van der Waals surface area (Å²) in [5.74, 6) is 0.400. The quantitative estimate of drug-likeness (QED) is 0.702. The van der Waals surface area contributed by atoms with Gasteiger partial charge in [-0.3, -0.25) is 0 Å². The van der Waals surface area contributed by atoms with E-state index in [9.17, 15) is 1.37 Å².